The maximum atomic E-state index is 12.9. The van der Waals surface area contributed by atoms with Gasteiger partial charge >= 0.3 is 0 Å². The van der Waals surface area contributed by atoms with Gasteiger partial charge < -0.3 is 9.64 Å². The van der Waals surface area contributed by atoms with Crippen LogP contribution in [0.4, 0.5) is 0 Å². The van der Waals surface area contributed by atoms with Crippen molar-refractivity contribution < 1.29 is 9.53 Å². The molecule has 0 aliphatic rings. The minimum atomic E-state index is 0.0339. The van der Waals surface area contributed by atoms with Crippen molar-refractivity contribution in [3.63, 3.8) is 0 Å². The van der Waals surface area contributed by atoms with Crippen LogP contribution in [-0.4, -0.2) is 22.3 Å². The van der Waals surface area contributed by atoms with Gasteiger partial charge in [-0.15, -0.1) is 11.3 Å². The Bertz CT molecular complexity index is 924. The molecule has 0 aliphatic carbocycles. The van der Waals surface area contributed by atoms with E-state index in [0.717, 1.165) is 22.7 Å². The van der Waals surface area contributed by atoms with Gasteiger partial charge in [0.05, 0.1) is 12.2 Å². The Morgan fingerprint density at radius 3 is 2.71 bits per heavy atom. The van der Waals surface area contributed by atoms with Crippen molar-refractivity contribution in [1.29, 1.82) is 0 Å². The summed E-state index contributed by atoms with van der Waals surface area (Å²) in [6, 6.07) is 15.0. The third-order valence-corrected chi connectivity index (χ3v) is 5.30. The molecular formula is C22H23ClN2O2S. The molecule has 1 amide bonds. The number of rotatable bonds is 8. The fourth-order valence-electron chi connectivity index (χ4n) is 2.79. The van der Waals surface area contributed by atoms with Crippen molar-refractivity contribution in [3.8, 4) is 5.75 Å². The topological polar surface area (TPSA) is 42.4 Å². The first-order valence-electron chi connectivity index (χ1n) is 9.22. The summed E-state index contributed by atoms with van der Waals surface area (Å²) in [5.74, 6) is 0.748. The van der Waals surface area contributed by atoms with Crippen LogP contribution >= 0.6 is 22.9 Å². The second-order valence-electron chi connectivity index (χ2n) is 6.57. The lowest BCUT2D eigenvalue weighted by atomic mass is 10.1. The Kier molecular flexibility index (Phi) is 7.06. The van der Waals surface area contributed by atoms with Gasteiger partial charge in [-0.2, -0.15) is 0 Å². The first-order chi connectivity index (χ1) is 13.5. The molecule has 1 aromatic heterocycles. The molecule has 3 rings (SSSR count). The molecule has 4 nitrogen and oxygen atoms in total. The monoisotopic (exact) mass is 414 g/mol. The number of ether oxygens (including phenoxy) is 1. The summed E-state index contributed by atoms with van der Waals surface area (Å²) in [4.78, 5) is 19.3. The van der Waals surface area contributed by atoms with E-state index in [1.165, 1.54) is 11.3 Å². The molecule has 0 radical (unpaired) electrons. The maximum Gasteiger partial charge on any atom is 0.254 e. The summed E-state index contributed by atoms with van der Waals surface area (Å²) in [6.07, 6.45) is 0.895. The number of thiazole rings is 1. The predicted octanol–water partition coefficient (Wildman–Crippen LogP) is 5.74. The first kappa shape index (κ1) is 20.4. The van der Waals surface area contributed by atoms with Crippen LogP contribution in [0.1, 0.15) is 40.0 Å². The van der Waals surface area contributed by atoms with Gasteiger partial charge in [0.2, 0.25) is 0 Å². The van der Waals surface area contributed by atoms with Crippen molar-refractivity contribution in [3.05, 3.63) is 80.8 Å². The van der Waals surface area contributed by atoms with Crippen LogP contribution in [0.15, 0.2) is 53.9 Å². The van der Waals surface area contributed by atoms with Crippen LogP contribution in [0.3, 0.4) is 0 Å². The van der Waals surface area contributed by atoms with Gasteiger partial charge in [0.1, 0.15) is 17.4 Å². The number of aromatic nitrogens is 1. The summed E-state index contributed by atoms with van der Waals surface area (Å²) in [6.45, 7) is 5.65. The largest absolute Gasteiger partial charge is 0.486 e. The molecule has 0 fully saturated rings. The van der Waals surface area contributed by atoms with Gasteiger partial charge in [-0.3, -0.25) is 4.79 Å². The highest BCUT2D eigenvalue weighted by Crippen LogP contribution is 2.20. The number of halogens is 1. The highest BCUT2D eigenvalue weighted by molar-refractivity contribution is 7.09. The van der Waals surface area contributed by atoms with E-state index >= 15 is 0 Å². The second-order valence-corrected chi connectivity index (χ2v) is 7.95. The Morgan fingerprint density at radius 1 is 1.21 bits per heavy atom. The second kappa shape index (κ2) is 9.71. The summed E-state index contributed by atoms with van der Waals surface area (Å²) in [7, 11) is 0. The highest BCUT2D eigenvalue weighted by atomic mass is 35.5. The molecular weight excluding hydrogens is 392 g/mol. The Morgan fingerprint density at radius 2 is 2.00 bits per heavy atom. The van der Waals surface area contributed by atoms with Crippen molar-refractivity contribution in [2.45, 2.75) is 33.4 Å². The molecule has 0 spiro atoms. The molecule has 0 aliphatic heterocycles. The summed E-state index contributed by atoms with van der Waals surface area (Å²) < 4.78 is 5.75. The lowest BCUT2D eigenvalue weighted by molar-refractivity contribution is 0.0741. The van der Waals surface area contributed by atoms with Gasteiger partial charge in [0.15, 0.2) is 0 Å². The third-order valence-electron chi connectivity index (χ3n) is 4.19. The molecule has 0 N–H and O–H groups in total. The zero-order chi connectivity index (χ0) is 19.9. The van der Waals surface area contributed by atoms with E-state index in [1.807, 2.05) is 59.7 Å². The smallest absolute Gasteiger partial charge is 0.254 e. The van der Waals surface area contributed by atoms with Crippen LogP contribution in [0.5, 0.6) is 5.75 Å². The number of aryl methyl sites for hydroxylation is 1. The summed E-state index contributed by atoms with van der Waals surface area (Å²) in [5, 5.41) is 3.50. The number of hydrogen-bond acceptors (Lipinski definition) is 4. The average molecular weight is 415 g/mol. The van der Waals surface area contributed by atoms with Gasteiger partial charge in [-0.05, 0) is 43.7 Å². The van der Waals surface area contributed by atoms with Crippen LogP contribution in [0.25, 0.3) is 0 Å². The Hall–Kier alpha value is -2.37. The van der Waals surface area contributed by atoms with Crippen molar-refractivity contribution >= 4 is 28.8 Å². The molecule has 0 saturated heterocycles. The molecule has 28 heavy (non-hydrogen) atoms. The van der Waals surface area contributed by atoms with Gasteiger partial charge in [0, 0.05) is 22.5 Å². The van der Waals surface area contributed by atoms with Gasteiger partial charge in [-0.25, -0.2) is 4.98 Å². The molecule has 0 unspecified atom stereocenters. The van der Waals surface area contributed by atoms with Crippen molar-refractivity contribution in [2.75, 3.05) is 6.54 Å². The molecule has 0 bridgehead atoms. The Labute approximate surface area is 174 Å². The van der Waals surface area contributed by atoms with E-state index in [2.05, 4.69) is 11.9 Å². The summed E-state index contributed by atoms with van der Waals surface area (Å²) >= 11 is 7.51. The fourth-order valence-corrected chi connectivity index (χ4v) is 3.66. The number of carbonyl (C=O) groups is 1. The van der Waals surface area contributed by atoms with E-state index in [1.54, 1.807) is 6.07 Å². The van der Waals surface area contributed by atoms with Crippen molar-refractivity contribution in [1.82, 2.24) is 9.88 Å². The quantitative estimate of drug-likeness (QED) is 0.472. The van der Waals surface area contributed by atoms with Crippen LogP contribution in [0, 0.1) is 6.92 Å². The number of benzene rings is 2. The lowest BCUT2D eigenvalue weighted by Gasteiger charge is -2.21. The number of hydrogen-bond donors (Lipinski definition) is 0. The average Bonchev–Trinajstić information content (AvgIpc) is 3.14. The minimum Gasteiger partial charge on any atom is -0.486 e. The van der Waals surface area contributed by atoms with Gasteiger partial charge in [0.25, 0.3) is 5.91 Å². The SMILES string of the molecule is CCCN(Cc1csc(COc2cccc(Cl)c2)n1)C(=O)c1ccc(C)cc1. The highest BCUT2D eigenvalue weighted by Gasteiger charge is 2.17. The molecule has 0 atom stereocenters. The number of amides is 1. The minimum absolute atomic E-state index is 0.0339. The van der Waals surface area contributed by atoms with E-state index < -0.39 is 0 Å². The van der Waals surface area contributed by atoms with E-state index in [0.29, 0.717) is 36.0 Å². The van der Waals surface area contributed by atoms with Crippen LogP contribution in [-0.2, 0) is 13.2 Å². The van der Waals surface area contributed by atoms with Crippen molar-refractivity contribution in [2.24, 2.45) is 0 Å². The first-order valence-corrected chi connectivity index (χ1v) is 10.5. The van der Waals surface area contributed by atoms with Crippen LogP contribution in [0.2, 0.25) is 5.02 Å². The summed E-state index contributed by atoms with van der Waals surface area (Å²) in [5.41, 5.74) is 2.73. The molecule has 0 saturated carbocycles. The zero-order valence-electron chi connectivity index (χ0n) is 16.0. The lowest BCUT2D eigenvalue weighted by Crippen LogP contribution is -2.31. The van der Waals surface area contributed by atoms with Gasteiger partial charge in [-0.1, -0.05) is 42.3 Å². The normalized spacial score (nSPS) is 10.7. The molecule has 6 heteroatoms. The molecule has 1 heterocycles. The standard InChI is InChI=1S/C22H23ClN2O2S/c1-3-11-25(22(26)17-9-7-16(2)8-10-17)13-19-15-28-21(24-19)14-27-20-6-4-5-18(23)12-20/h4-10,12,15H,3,11,13-14H2,1-2H3. The Balaban J connectivity index is 1.63. The van der Waals surface area contributed by atoms with E-state index in [4.69, 9.17) is 16.3 Å². The molecule has 146 valence electrons. The van der Waals surface area contributed by atoms with Crippen LogP contribution < -0.4 is 4.74 Å². The third kappa shape index (κ3) is 5.57. The molecule has 3 aromatic rings. The number of carbonyl (C=O) groups excluding carboxylic acids is 1. The maximum absolute atomic E-state index is 12.9. The predicted molar refractivity (Wildman–Crippen MR) is 114 cm³/mol. The fraction of sp³-hybridized carbons (Fsp3) is 0.273. The van der Waals surface area contributed by atoms with E-state index in [9.17, 15) is 4.79 Å². The van der Waals surface area contributed by atoms with E-state index in [-0.39, 0.29) is 5.91 Å². The molecule has 2 aromatic carbocycles. The number of nitrogens with zero attached hydrogens (tertiary/aromatic N) is 2. The zero-order valence-corrected chi connectivity index (χ0v) is 17.6.